The van der Waals surface area contributed by atoms with Crippen LogP contribution >= 0.6 is 0 Å². The predicted octanol–water partition coefficient (Wildman–Crippen LogP) is 5.67. The lowest BCUT2D eigenvalue weighted by atomic mass is 9.76. The summed E-state index contributed by atoms with van der Waals surface area (Å²) in [5.41, 5.74) is 2.65. The summed E-state index contributed by atoms with van der Waals surface area (Å²) in [7, 11) is 0. The summed E-state index contributed by atoms with van der Waals surface area (Å²) >= 11 is 0. The van der Waals surface area contributed by atoms with Gasteiger partial charge in [-0.3, -0.25) is 4.79 Å². The highest BCUT2D eigenvalue weighted by Gasteiger charge is 2.29. The number of carbonyl (C=O) groups excluding carboxylic acids is 1. The summed E-state index contributed by atoms with van der Waals surface area (Å²) in [6.07, 6.45) is 10.5. The largest absolute Gasteiger partial charge is 0.299 e. The van der Waals surface area contributed by atoms with Crippen LogP contribution in [0.3, 0.4) is 0 Å². The second-order valence-electron chi connectivity index (χ2n) is 6.65. The third kappa shape index (κ3) is 4.69. The van der Waals surface area contributed by atoms with Crippen LogP contribution < -0.4 is 0 Å². The fourth-order valence-electron chi connectivity index (χ4n) is 3.48. The molecule has 1 nitrogen and oxygen atoms in total. The summed E-state index contributed by atoms with van der Waals surface area (Å²) in [5, 5.41) is 0. The summed E-state index contributed by atoms with van der Waals surface area (Å²) in [5.74, 6) is 1.30. The lowest BCUT2D eigenvalue weighted by Crippen LogP contribution is -2.23. The highest BCUT2D eigenvalue weighted by Crippen LogP contribution is 2.35. The minimum absolute atomic E-state index is 0.170. The maximum absolute atomic E-state index is 12.4. The molecule has 0 heterocycles. The van der Waals surface area contributed by atoms with Crippen molar-refractivity contribution in [3.05, 3.63) is 35.4 Å². The molecule has 1 aromatic rings. The number of carbonyl (C=O) groups is 1. The van der Waals surface area contributed by atoms with Gasteiger partial charge in [0.15, 0.2) is 0 Å². The number of aryl methyl sites for hydroxylation is 1. The molecule has 0 saturated heterocycles. The molecule has 21 heavy (non-hydrogen) atoms. The Morgan fingerprint density at radius 3 is 2.33 bits per heavy atom. The molecule has 1 saturated carbocycles. The number of hydrogen-bond acceptors (Lipinski definition) is 1. The Labute approximate surface area is 130 Å². The molecule has 1 heteroatoms. The molecule has 1 aromatic carbocycles. The van der Waals surface area contributed by atoms with Gasteiger partial charge in [-0.05, 0) is 42.7 Å². The minimum Gasteiger partial charge on any atom is -0.299 e. The number of hydrogen-bond donors (Lipinski definition) is 0. The Bertz CT molecular complexity index is 432. The quantitative estimate of drug-likeness (QED) is 0.631. The Kier molecular flexibility index (Phi) is 6.48. The molecular weight excluding hydrogens is 256 g/mol. The standard InChI is InChI=1S/C20H30O/c1-3-5-7-16-9-12-18(13-10-16)19-14-11-17(8-6-4-2)15-20(19)21/h9-10,12-13,17,19H,3-8,11,14-15H2,1-2H3/t17-,19+/m1/s1. The van der Waals surface area contributed by atoms with Gasteiger partial charge in [0.2, 0.25) is 0 Å². The fraction of sp³-hybridized carbons (Fsp3) is 0.650. The predicted molar refractivity (Wildman–Crippen MR) is 89.7 cm³/mol. The van der Waals surface area contributed by atoms with Crippen LogP contribution in [-0.4, -0.2) is 5.78 Å². The van der Waals surface area contributed by atoms with E-state index in [1.54, 1.807) is 0 Å². The summed E-state index contributed by atoms with van der Waals surface area (Å²) in [6.45, 7) is 4.46. The van der Waals surface area contributed by atoms with Crippen molar-refractivity contribution in [2.75, 3.05) is 0 Å². The second kappa shape index (κ2) is 8.36. The van der Waals surface area contributed by atoms with E-state index in [2.05, 4.69) is 38.1 Å². The van der Waals surface area contributed by atoms with Crippen molar-refractivity contribution in [3.8, 4) is 0 Å². The van der Waals surface area contributed by atoms with Crippen molar-refractivity contribution < 1.29 is 4.79 Å². The average Bonchev–Trinajstić information content (AvgIpc) is 2.52. The van der Waals surface area contributed by atoms with Crippen LogP contribution in [0.15, 0.2) is 24.3 Å². The number of Topliss-reactive ketones (excluding diaryl/α,β-unsaturated/α-hetero) is 1. The molecule has 1 aliphatic carbocycles. The number of ketones is 1. The van der Waals surface area contributed by atoms with Crippen molar-refractivity contribution >= 4 is 5.78 Å². The van der Waals surface area contributed by atoms with Gasteiger partial charge in [-0.1, -0.05) is 63.8 Å². The van der Waals surface area contributed by atoms with Gasteiger partial charge in [-0.25, -0.2) is 0 Å². The summed E-state index contributed by atoms with van der Waals surface area (Å²) in [6, 6.07) is 8.84. The molecule has 2 rings (SSSR count). The van der Waals surface area contributed by atoms with Crippen LogP contribution in [-0.2, 0) is 11.2 Å². The van der Waals surface area contributed by atoms with Crippen molar-refractivity contribution in [1.82, 2.24) is 0 Å². The molecular formula is C20H30O. The lowest BCUT2D eigenvalue weighted by Gasteiger charge is -2.27. The van der Waals surface area contributed by atoms with Gasteiger partial charge in [-0.2, -0.15) is 0 Å². The smallest absolute Gasteiger partial charge is 0.140 e. The topological polar surface area (TPSA) is 17.1 Å². The van der Waals surface area contributed by atoms with E-state index in [0.29, 0.717) is 11.7 Å². The van der Waals surface area contributed by atoms with Crippen molar-refractivity contribution in [2.24, 2.45) is 5.92 Å². The molecule has 0 aliphatic heterocycles. The highest BCUT2D eigenvalue weighted by molar-refractivity contribution is 5.86. The van der Waals surface area contributed by atoms with Crippen molar-refractivity contribution in [2.45, 2.75) is 77.6 Å². The summed E-state index contributed by atoms with van der Waals surface area (Å²) < 4.78 is 0. The van der Waals surface area contributed by atoms with Crippen LogP contribution in [0.25, 0.3) is 0 Å². The molecule has 0 N–H and O–H groups in total. The third-order valence-corrected chi connectivity index (χ3v) is 4.91. The zero-order valence-electron chi connectivity index (χ0n) is 13.7. The Hall–Kier alpha value is -1.11. The van der Waals surface area contributed by atoms with E-state index < -0.39 is 0 Å². The van der Waals surface area contributed by atoms with Crippen LogP contribution in [0.4, 0.5) is 0 Å². The van der Waals surface area contributed by atoms with Crippen molar-refractivity contribution in [3.63, 3.8) is 0 Å². The first-order valence-corrected chi connectivity index (χ1v) is 8.86. The van der Waals surface area contributed by atoms with Crippen LogP contribution in [0, 0.1) is 5.92 Å². The Morgan fingerprint density at radius 2 is 1.71 bits per heavy atom. The van der Waals surface area contributed by atoms with Crippen LogP contribution in [0.2, 0.25) is 0 Å². The molecule has 0 amide bonds. The molecule has 0 bridgehead atoms. The van der Waals surface area contributed by atoms with Gasteiger partial charge >= 0.3 is 0 Å². The molecule has 0 spiro atoms. The molecule has 2 atom stereocenters. The zero-order valence-corrected chi connectivity index (χ0v) is 13.7. The molecule has 1 fully saturated rings. The first-order valence-electron chi connectivity index (χ1n) is 8.86. The maximum atomic E-state index is 12.4. The Balaban J connectivity index is 1.91. The van der Waals surface area contributed by atoms with E-state index in [4.69, 9.17) is 0 Å². The van der Waals surface area contributed by atoms with E-state index in [-0.39, 0.29) is 5.92 Å². The van der Waals surface area contributed by atoms with Crippen molar-refractivity contribution in [1.29, 1.82) is 0 Å². The van der Waals surface area contributed by atoms with Gasteiger partial charge in [0.05, 0.1) is 0 Å². The van der Waals surface area contributed by atoms with Crippen LogP contribution in [0.5, 0.6) is 0 Å². The normalized spacial score (nSPS) is 22.5. The van der Waals surface area contributed by atoms with Crippen LogP contribution in [0.1, 0.15) is 82.3 Å². The van der Waals surface area contributed by atoms with E-state index in [0.717, 1.165) is 19.3 Å². The van der Waals surface area contributed by atoms with Gasteiger partial charge in [0.25, 0.3) is 0 Å². The maximum Gasteiger partial charge on any atom is 0.140 e. The zero-order chi connectivity index (χ0) is 15.1. The highest BCUT2D eigenvalue weighted by atomic mass is 16.1. The molecule has 1 aliphatic rings. The van der Waals surface area contributed by atoms with Gasteiger partial charge in [0, 0.05) is 12.3 Å². The molecule has 0 aromatic heterocycles. The van der Waals surface area contributed by atoms with Gasteiger partial charge in [-0.15, -0.1) is 0 Å². The molecule has 0 unspecified atom stereocenters. The van der Waals surface area contributed by atoms with E-state index in [1.165, 1.54) is 49.7 Å². The number of rotatable bonds is 7. The van der Waals surface area contributed by atoms with E-state index >= 15 is 0 Å². The average molecular weight is 286 g/mol. The van der Waals surface area contributed by atoms with E-state index in [1.807, 2.05) is 0 Å². The number of benzene rings is 1. The first kappa shape index (κ1) is 16.3. The van der Waals surface area contributed by atoms with E-state index in [9.17, 15) is 4.79 Å². The first-order chi connectivity index (χ1) is 10.2. The van der Waals surface area contributed by atoms with Gasteiger partial charge < -0.3 is 0 Å². The molecule has 0 radical (unpaired) electrons. The Morgan fingerprint density at radius 1 is 1.00 bits per heavy atom. The minimum atomic E-state index is 0.170. The second-order valence-corrected chi connectivity index (χ2v) is 6.65. The molecule has 116 valence electrons. The third-order valence-electron chi connectivity index (χ3n) is 4.91. The van der Waals surface area contributed by atoms with Gasteiger partial charge in [0.1, 0.15) is 5.78 Å². The SMILES string of the molecule is CCCCc1ccc([C@@H]2CC[C@@H](CCCC)CC2=O)cc1. The summed E-state index contributed by atoms with van der Waals surface area (Å²) in [4.78, 5) is 12.4. The lowest BCUT2D eigenvalue weighted by molar-refractivity contribution is -0.123. The number of unbranched alkanes of at least 4 members (excludes halogenated alkanes) is 2. The fourth-order valence-corrected chi connectivity index (χ4v) is 3.48. The monoisotopic (exact) mass is 286 g/mol.